The van der Waals surface area contributed by atoms with Crippen molar-refractivity contribution in [1.29, 1.82) is 0 Å². The van der Waals surface area contributed by atoms with Gasteiger partial charge in [-0.1, -0.05) is 37.0 Å². The first-order chi connectivity index (χ1) is 7.00. The van der Waals surface area contributed by atoms with Crippen LogP contribution in [0.25, 0.3) is 0 Å². The smallest absolute Gasteiger partial charge is 0.0595 e. The van der Waals surface area contributed by atoms with Crippen LogP contribution in [-0.4, -0.2) is 13.1 Å². The minimum atomic E-state index is 0.125. The second-order valence-corrected chi connectivity index (χ2v) is 5.55. The van der Waals surface area contributed by atoms with Crippen LogP contribution in [0.2, 0.25) is 10.0 Å². The number of benzene rings is 1. The third-order valence-electron chi connectivity index (χ3n) is 3.01. The third-order valence-corrected chi connectivity index (χ3v) is 3.74. The number of rotatable bonds is 0. The Bertz CT molecular complexity index is 385. The molecule has 0 spiro atoms. The van der Waals surface area contributed by atoms with Crippen molar-refractivity contribution < 1.29 is 0 Å². The van der Waals surface area contributed by atoms with E-state index in [0.29, 0.717) is 10.0 Å². The predicted octanol–water partition coefficient (Wildman–Crippen LogP) is 3.42. The zero-order valence-electron chi connectivity index (χ0n) is 9.03. The normalized spacial score (nSPS) is 19.5. The van der Waals surface area contributed by atoms with Crippen molar-refractivity contribution in [2.75, 3.05) is 13.1 Å². The SMILES string of the molecule is CC1(C)CNCCc2cc(Cl)c(Cl)cc21. The fraction of sp³-hybridized carbons (Fsp3) is 0.500. The van der Waals surface area contributed by atoms with E-state index in [9.17, 15) is 0 Å². The van der Waals surface area contributed by atoms with Gasteiger partial charge in [-0.15, -0.1) is 0 Å². The van der Waals surface area contributed by atoms with Crippen LogP contribution in [-0.2, 0) is 11.8 Å². The Morgan fingerprint density at radius 1 is 1.20 bits per heavy atom. The van der Waals surface area contributed by atoms with E-state index in [2.05, 4.69) is 19.2 Å². The van der Waals surface area contributed by atoms with E-state index in [1.165, 1.54) is 11.1 Å². The van der Waals surface area contributed by atoms with Gasteiger partial charge >= 0.3 is 0 Å². The molecule has 0 aromatic heterocycles. The third kappa shape index (κ3) is 2.15. The number of hydrogen-bond donors (Lipinski definition) is 1. The quantitative estimate of drug-likeness (QED) is 0.737. The van der Waals surface area contributed by atoms with Gasteiger partial charge < -0.3 is 5.32 Å². The molecule has 82 valence electrons. The molecule has 0 atom stereocenters. The van der Waals surface area contributed by atoms with E-state index < -0.39 is 0 Å². The van der Waals surface area contributed by atoms with Gasteiger partial charge in [-0.05, 0) is 36.2 Å². The van der Waals surface area contributed by atoms with Crippen LogP contribution in [0, 0.1) is 0 Å². The largest absolute Gasteiger partial charge is 0.316 e. The van der Waals surface area contributed by atoms with Crippen molar-refractivity contribution in [3.05, 3.63) is 33.3 Å². The van der Waals surface area contributed by atoms with Crippen LogP contribution in [0.3, 0.4) is 0 Å². The number of hydrogen-bond acceptors (Lipinski definition) is 1. The summed E-state index contributed by atoms with van der Waals surface area (Å²) in [7, 11) is 0. The summed E-state index contributed by atoms with van der Waals surface area (Å²) >= 11 is 12.1. The lowest BCUT2D eigenvalue weighted by atomic mass is 9.82. The molecule has 15 heavy (non-hydrogen) atoms. The topological polar surface area (TPSA) is 12.0 Å². The first-order valence-corrected chi connectivity index (χ1v) is 5.95. The van der Waals surface area contributed by atoms with E-state index in [1.54, 1.807) is 0 Å². The average molecular weight is 244 g/mol. The lowest BCUT2D eigenvalue weighted by molar-refractivity contribution is 0.488. The van der Waals surface area contributed by atoms with Gasteiger partial charge in [0.15, 0.2) is 0 Å². The Balaban J connectivity index is 2.57. The summed E-state index contributed by atoms with van der Waals surface area (Å²) in [5.74, 6) is 0. The van der Waals surface area contributed by atoms with Gasteiger partial charge in [-0.3, -0.25) is 0 Å². The highest BCUT2D eigenvalue weighted by molar-refractivity contribution is 6.42. The van der Waals surface area contributed by atoms with Crippen LogP contribution >= 0.6 is 23.2 Å². The molecule has 1 N–H and O–H groups in total. The van der Waals surface area contributed by atoms with Crippen LogP contribution < -0.4 is 5.32 Å². The van der Waals surface area contributed by atoms with Gasteiger partial charge in [0.2, 0.25) is 0 Å². The fourth-order valence-corrected chi connectivity index (χ4v) is 2.49. The van der Waals surface area contributed by atoms with Gasteiger partial charge in [0.05, 0.1) is 10.0 Å². The van der Waals surface area contributed by atoms with Gasteiger partial charge in [0.1, 0.15) is 0 Å². The molecule has 0 aliphatic carbocycles. The Kier molecular flexibility index (Phi) is 2.98. The first-order valence-electron chi connectivity index (χ1n) is 5.20. The summed E-state index contributed by atoms with van der Waals surface area (Å²) in [6, 6.07) is 4.03. The summed E-state index contributed by atoms with van der Waals surface area (Å²) < 4.78 is 0. The first kappa shape index (κ1) is 11.3. The minimum Gasteiger partial charge on any atom is -0.316 e. The lowest BCUT2D eigenvalue weighted by Crippen LogP contribution is -2.31. The molecule has 0 unspecified atom stereocenters. The standard InChI is InChI=1S/C12H15Cl2N/c1-12(2)7-15-4-3-8-5-10(13)11(14)6-9(8)12/h5-6,15H,3-4,7H2,1-2H3. The van der Waals surface area contributed by atoms with Gasteiger partial charge in [0, 0.05) is 12.0 Å². The van der Waals surface area contributed by atoms with Crippen molar-refractivity contribution in [2.45, 2.75) is 25.7 Å². The molecule has 0 radical (unpaired) electrons. The van der Waals surface area contributed by atoms with E-state index in [4.69, 9.17) is 23.2 Å². The van der Waals surface area contributed by atoms with Crippen LogP contribution in [0.4, 0.5) is 0 Å². The zero-order chi connectivity index (χ0) is 11.1. The summed E-state index contributed by atoms with van der Waals surface area (Å²) in [6.45, 7) is 6.45. The van der Waals surface area contributed by atoms with Crippen molar-refractivity contribution in [3.63, 3.8) is 0 Å². The highest BCUT2D eigenvalue weighted by Gasteiger charge is 2.26. The van der Waals surface area contributed by atoms with Crippen molar-refractivity contribution >= 4 is 23.2 Å². The summed E-state index contributed by atoms with van der Waals surface area (Å²) in [5.41, 5.74) is 2.77. The molecule has 0 saturated carbocycles. The lowest BCUT2D eigenvalue weighted by Gasteiger charge is -2.25. The van der Waals surface area contributed by atoms with Crippen molar-refractivity contribution in [2.24, 2.45) is 0 Å². The second kappa shape index (κ2) is 3.97. The Morgan fingerprint density at radius 3 is 2.60 bits per heavy atom. The molecular formula is C12H15Cl2N. The molecule has 1 aromatic rings. The summed E-state index contributed by atoms with van der Waals surface area (Å²) in [5, 5.41) is 4.76. The molecule has 0 amide bonds. The molecule has 2 rings (SSSR count). The molecule has 3 heteroatoms. The van der Waals surface area contributed by atoms with Crippen LogP contribution in [0.1, 0.15) is 25.0 Å². The highest BCUT2D eigenvalue weighted by Crippen LogP contribution is 2.34. The van der Waals surface area contributed by atoms with Gasteiger partial charge in [-0.25, -0.2) is 0 Å². The number of halogens is 2. The predicted molar refractivity (Wildman–Crippen MR) is 66.1 cm³/mol. The molecule has 1 aliphatic heterocycles. The number of fused-ring (bicyclic) bond motifs is 1. The molecule has 1 nitrogen and oxygen atoms in total. The van der Waals surface area contributed by atoms with Crippen LogP contribution in [0.15, 0.2) is 12.1 Å². The summed E-state index contributed by atoms with van der Waals surface area (Å²) in [4.78, 5) is 0. The monoisotopic (exact) mass is 243 g/mol. The molecule has 1 aromatic carbocycles. The molecule has 0 bridgehead atoms. The maximum Gasteiger partial charge on any atom is 0.0595 e. The van der Waals surface area contributed by atoms with E-state index in [1.807, 2.05) is 12.1 Å². The van der Waals surface area contributed by atoms with Gasteiger partial charge in [0.25, 0.3) is 0 Å². The minimum absolute atomic E-state index is 0.125. The maximum absolute atomic E-state index is 6.07. The summed E-state index contributed by atoms with van der Waals surface area (Å²) in [6.07, 6.45) is 1.02. The molecular weight excluding hydrogens is 229 g/mol. The van der Waals surface area contributed by atoms with E-state index in [0.717, 1.165) is 19.5 Å². The fourth-order valence-electron chi connectivity index (χ4n) is 2.14. The van der Waals surface area contributed by atoms with Gasteiger partial charge in [-0.2, -0.15) is 0 Å². The average Bonchev–Trinajstić information content (AvgIpc) is 2.29. The Morgan fingerprint density at radius 2 is 1.87 bits per heavy atom. The zero-order valence-corrected chi connectivity index (χ0v) is 10.5. The van der Waals surface area contributed by atoms with Crippen molar-refractivity contribution in [1.82, 2.24) is 5.32 Å². The molecule has 0 saturated heterocycles. The highest BCUT2D eigenvalue weighted by atomic mass is 35.5. The Labute approximate surface area is 101 Å². The molecule has 1 heterocycles. The molecule has 0 fully saturated rings. The van der Waals surface area contributed by atoms with E-state index >= 15 is 0 Å². The van der Waals surface area contributed by atoms with Crippen LogP contribution in [0.5, 0.6) is 0 Å². The second-order valence-electron chi connectivity index (χ2n) is 4.73. The maximum atomic E-state index is 6.07. The number of nitrogens with one attached hydrogen (secondary N) is 1. The van der Waals surface area contributed by atoms with E-state index in [-0.39, 0.29) is 5.41 Å². The Hall–Kier alpha value is -0.240. The molecule has 1 aliphatic rings. The van der Waals surface area contributed by atoms with Crippen molar-refractivity contribution in [3.8, 4) is 0 Å².